The molecule has 0 saturated heterocycles. The van der Waals surface area contributed by atoms with Gasteiger partial charge in [0.2, 0.25) is 5.96 Å². The lowest BCUT2D eigenvalue weighted by molar-refractivity contribution is -0.137. The Hall–Kier alpha value is -1.34. The van der Waals surface area contributed by atoms with Crippen LogP contribution in [0.3, 0.4) is 0 Å². The monoisotopic (exact) mass is 147 g/mol. The van der Waals surface area contributed by atoms with Crippen LogP contribution >= 0.6 is 0 Å². The standard InChI is InChI=1S/C3H9N5O2/c4-3(7-5)8(6)1-2(9)10/h1,5-6H2,(H2,4,7)(H,9,10). The highest BCUT2D eigenvalue weighted by molar-refractivity contribution is 5.80. The summed E-state index contributed by atoms with van der Waals surface area (Å²) in [4.78, 5) is 9.94. The predicted octanol–water partition coefficient (Wildman–Crippen LogP) is -2.36. The molecular weight excluding hydrogens is 138 g/mol. The van der Waals surface area contributed by atoms with E-state index >= 15 is 0 Å². The number of carbonyl (C=O) groups is 1. The van der Waals surface area contributed by atoms with E-state index < -0.39 is 12.5 Å². The SMILES string of the molecule is N=C(NN)N(N)CC(=O)O. The first-order valence-corrected chi connectivity index (χ1v) is 2.37. The number of nitrogens with zero attached hydrogens (tertiary/aromatic N) is 1. The molecule has 0 saturated carbocycles. The highest BCUT2D eigenvalue weighted by atomic mass is 16.4. The molecule has 0 aliphatic rings. The van der Waals surface area contributed by atoms with Gasteiger partial charge in [-0.3, -0.25) is 20.6 Å². The van der Waals surface area contributed by atoms with Crippen molar-refractivity contribution in [2.24, 2.45) is 11.7 Å². The first-order valence-electron chi connectivity index (χ1n) is 2.37. The molecule has 0 radical (unpaired) electrons. The first-order chi connectivity index (χ1) is 4.57. The van der Waals surface area contributed by atoms with Crippen LogP contribution in [0.25, 0.3) is 0 Å². The smallest absolute Gasteiger partial charge is 0.324 e. The average Bonchev–Trinajstić information content (AvgIpc) is 1.85. The van der Waals surface area contributed by atoms with Crippen LogP contribution in [-0.2, 0) is 4.79 Å². The number of hydrogen-bond acceptors (Lipinski definition) is 4. The number of carboxylic acids is 1. The van der Waals surface area contributed by atoms with Crippen LogP contribution < -0.4 is 17.1 Å². The summed E-state index contributed by atoms with van der Waals surface area (Å²) in [6.07, 6.45) is 0. The van der Waals surface area contributed by atoms with Crippen LogP contribution in [-0.4, -0.2) is 28.6 Å². The van der Waals surface area contributed by atoms with Gasteiger partial charge in [0.05, 0.1) is 0 Å². The topological polar surface area (TPSA) is 128 Å². The van der Waals surface area contributed by atoms with Crippen molar-refractivity contribution < 1.29 is 9.90 Å². The normalized spacial score (nSPS) is 8.60. The number of guanidine groups is 1. The Morgan fingerprint density at radius 2 is 2.30 bits per heavy atom. The Morgan fingerprint density at radius 1 is 1.80 bits per heavy atom. The summed E-state index contributed by atoms with van der Waals surface area (Å²) < 4.78 is 0. The lowest BCUT2D eigenvalue weighted by Crippen LogP contribution is -2.49. The van der Waals surface area contributed by atoms with Gasteiger partial charge in [0, 0.05) is 0 Å². The van der Waals surface area contributed by atoms with E-state index in [1.54, 1.807) is 0 Å². The number of nitrogens with one attached hydrogen (secondary N) is 2. The van der Waals surface area contributed by atoms with Gasteiger partial charge in [0.15, 0.2) is 0 Å². The second kappa shape index (κ2) is 3.64. The number of hydrazine groups is 2. The number of aliphatic carboxylic acids is 1. The number of nitrogens with two attached hydrogens (primary N) is 2. The van der Waals surface area contributed by atoms with Gasteiger partial charge in [-0.2, -0.15) is 0 Å². The highest BCUT2D eigenvalue weighted by Gasteiger charge is 2.06. The van der Waals surface area contributed by atoms with Gasteiger partial charge in [0.1, 0.15) is 6.54 Å². The van der Waals surface area contributed by atoms with Gasteiger partial charge in [0.25, 0.3) is 0 Å². The van der Waals surface area contributed by atoms with Crippen LogP contribution in [0, 0.1) is 5.41 Å². The molecule has 10 heavy (non-hydrogen) atoms. The lowest BCUT2D eigenvalue weighted by atomic mass is 10.6. The van der Waals surface area contributed by atoms with Crippen LogP contribution in [0.1, 0.15) is 0 Å². The van der Waals surface area contributed by atoms with E-state index in [0.29, 0.717) is 5.01 Å². The van der Waals surface area contributed by atoms with Crippen molar-refractivity contribution in [2.45, 2.75) is 0 Å². The van der Waals surface area contributed by atoms with Crippen molar-refractivity contribution in [1.29, 1.82) is 5.41 Å². The maximum absolute atomic E-state index is 9.94. The van der Waals surface area contributed by atoms with E-state index in [1.165, 1.54) is 0 Å². The first kappa shape index (κ1) is 8.66. The Balaban J connectivity index is 3.72. The summed E-state index contributed by atoms with van der Waals surface area (Å²) in [5, 5.41) is 15.6. The fourth-order valence-corrected chi connectivity index (χ4v) is 0.308. The van der Waals surface area contributed by atoms with E-state index in [-0.39, 0.29) is 5.96 Å². The molecule has 0 bridgehead atoms. The van der Waals surface area contributed by atoms with E-state index in [1.807, 2.05) is 5.43 Å². The minimum atomic E-state index is -1.12. The van der Waals surface area contributed by atoms with Crippen LogP contribution in [0.15, 0.2) is 0 Å². The van der Waals surface area contributed by atoms with Crippen LogP contribution in [0.5, 0.6) is 0 Å². The van der Waals surface area contributed by atoms with Gasteiger partial charge in [-0.05, 0) is 0 Å². The van der Waals surface area contributed by atoms with Gasteiger partial charge in [-0.1, -0.05) is 0 Å². The number of carboxylic acid groups (broad SMARTS) is 1. The third-order valence-corrected chi connectivity index (χ3v) is 0.730. The molecule has 7 heteroatoms. The molecule has 0 fully saturated rings. The van der Waals surface area contributed by atoms with Crippen molar-refractivity contribution in [3.8, 4) is 0 Å². The molecule has 0 atom stereocenters. The minimum absolute atomic E-state index is 0.345. The molecule has 0 aromatic heterocycles. The third-order valence-electron chi connectivity index (χ3n) is 0.730. The molecular formula is C3H9N5O2. The van der Waals surface area contributed by atoms with Crippen LogP contribution in [0.2, 0.25) is 0 Å². The molecule has 0 heterocycles. The van der Waals surface area contributed by atoms with Crippen molar-refractivity contribution in [2.75, 3.05) is 6.54 Å². The van der Waals surface area contributed by atoms with Crippen molar-refractivity contribution in [1.82, 2.24) is 10.4 Å². The molecule has 0 aliphatic heterocycles. The molecule has 7 N–H and O–H groups in total. The summed E-state index contributed by atoms with van der Waals surface area (Å²) in [5.74, 6) is 8.31. The second-order valence-electron chi connectivity index (χ2n) is 1.51. The van der Waals surface area contributed by atoms with Gasteiger partial charge in [-0.25, -0.2) is 11.7 Å². The largest absolute Gasteiger partial charge is 0.480 e. The Kier molecular flexibility index (Phi) is 3.15. The summed E-state index contributed by atoms with van der Waals surface area (Å²) >= 11 is 0. The molecule has 0 spiro atoms. The maximum atomic E-state index is 9.94. The molecule has 0 amide bonds. The Bertz CT molecular complexity index is 146. The quantitative estimate of drug-likeness (QED) is 0.129. The lowest BCUT2D eigenvalue weighted by Gasteiger charge is -2.14. The molecule has 0 aromatic rings. The molecule has 0 rings (SSSR count). The van der Waals surface area contributed by atoms with Crippen molar-refractivity contribution >= 4 is 11.9 Å². The van der Waals surface area contributed by atoms with E-state index in [4.69, 9.17) is 22.2 Å². The summed E-state index contributed by atoms with van der Waals surface area (Å²) in [6.45, 7) is -0.455. The maximum Gasteiger partial charge on any atom is 0.324 e. The molecule has 0 aromatic carbocycles. The predicted molar refractivity (Wildman–Crippen MR) is 33.6 cm³/mol. The van der Waals surface area contributed by atoms with E-state index in [9.17, 15) is 4.79 Å². The minimum Gasteiger partial charge on any atom is -0.480 e. The zero-order chi connectivity index (χ0) is 8.15. The van der Waals surface area contributed by atoms with Crippen molar-refractivity contribution in [3.05, 3.63) is 0 Å². The highest BCUT2D eigenvalue weighted by Crippen LogP contribution is 1.74. The van der Waals surface area contributed by atoms with Gasteiger partial charge < -0.3 is 5.11 Å². The summed E-state index contributed by atoms with van der Waals surface area (Å²) in [7, 11) is 0. The third kappa shape index (κ3) is 2.84. The van der Waals surface area contributed by atoms with Crippen LogP contribution in [0.4, 0.5) is 0 Å². The Labute approximate surface area is 57.0 Å². The zero-order valence-corrected chi connectivity index (χ0v) is 5.16. The Morgan fingerprint density at radius 3 is 2.60 bits per heavy atom. The average molecular weight is 147 g/mol. The number of rotatable bonds is 2. The molecule has 0 aliphatic carbocycles. The summed E-state index contributed by atoms with van der Waals surface area (Å²) in [6, 6.07) is 0. The van der Waals surface area contributed by atoms with Gasteiger partial charge >= 0.3 is 5.97 Å². The van der Waals surface area contributed by atoms with Crippen molar-refractivity contribution in [3.63, 3.8) is 0 Å². The fourth-order valence-electron chi connectivity index (χ4n) is 0.308. The van der Waals surface area contributed by atoms with E-state index in [0.717, 1.165) is 0 Å². The summed E-state index contributed by atoms with van der Waals surface area (Å²) in [5.41, 5.74) is 1.89. The fraction of sp³-hybridized carbons (Fsp3) is 0.333. The zero-order valence-electron chi connectivity index (χ0n) is 5.16. The second-order valence-corrected chi connectivity index (χ2v) is 1.51. The number of hydrogen-bond donors (Lipinski definition) is 5. The van der Waals surface area contributed by atoms with Gasteiger partial charge in [-0.15, -0.1) is 0 Å². The molecule has 0 unspecified atom stereocenters. The molecule has 58 valence electrons. The molecule has 7 nitrogen and oxygen atoms in total. The van der Waals surface area contributed by atoms with E-state index in [2.05, 4.69) is 0 Å².